The van der Waals surface area contributed by atoms with Crippen molar-refractivity contribution in [1.29, 1.82) is 0 Å². The lowest BCUT2D eigenvalue weighted by Gasteiger charge is -2.27. The molecule has 13 heavy (non-hydrogen) atoms. The minimum absolute atomic E-state index is 0.277. The number of hydrogen-bond donors (Lipinski definition) is 0. The molecule has 0 unspecified atom stereocenters. The Morgan fingerprint density at radius 3 is 2.08 bits per heavy atom. The summed E-state index contributed by atoms with van der Waals surface area (Å²) in [5, 5.41) is 1.16. The van der Waals surface area contributed by atoms with E-state index in [1.807, 2.05) is 12.2 Å². The summed E-state index contributed by atoms with van der Waals surface area (Å²) in [7, 11) is -2.11. The van der Waals surface area contributed by atoms with Crippen LogP contribution in [0.3, 0.4) is 0 Å². The van der Waals surface area contributed by atoms with E-state index in [0.29, 0.717) is 0 Å². The Labute approximate surface area is 81.3 Å². The first-order valence-electron chi connectivity index (χ1n) is 4.95. The highest BCUT2D eigenvalue weighted by atomic mass is 31.2. The van der Waals surface area contributed by atoms with Crippen LogP contribution in [-0.4, -0.2) is 11.3 Å². The van der Waals surface area contributed by atoms with E-state index < -0.39 is 7.14 Å². The van der Waals surface area contributed by atoms with E-state index in [9.17, 15) is 4.57 Å². The monoisotopic (exact) mass is 198 g/mol. The molecular weight excluding hydrogens is 179 g/mol. The number of hydrogen-bond acceptors (Lipinski definition) is 1. The molecule has 0 amide bonds. The van der Waals surface area contributed by atoms with Crippen LogP contribution in [0.2, 0.25) is 0 Å². The highest BCUT2D eigenvalue weighted by Crippen LogP contribution is 2.63. The summed E-state index contributed by atoms with van der Waals surface area (Å²) in [6.07, 6.45) is 7.05. The van der Waals surface area contributed by atoms with Crippen molar-refractivity contribution >= 4 is 7.14 Å². The molecule has 0 aromatic carbocycles. The van der Waals surface area contributed by atoms with Crippen LogP contribution in [0.15, 0.2) is 23.5 Å². The first-order chi connectivity index (χ1) is 5.99. The van der Waals surface area contributed by atoms with E-state index in [0.717, 1.165) is 11.7 Å². The lowest BCUT2D eigenvalue weighted by atomic mass is 10.5. The van der Waals surface area contributed by atoms with E-state index in [2.05, 4.69) is 33.8 Å². The molecule has 1 aliphatic carbocycles. The van der Waals surface area contributed by atoms with Crippen molar-refractivity contribution in [3.8, 4) is 0 Å². The molecule has 0 bridgehead atoms. The lowest BCUT2D eigenvalue weighted by Crippen LogP contribution is -2.09. The molecule has 1 rings (SSSR count). The van der Waals surface area contributed by atoms with Crippen molar-refractivity contribution in [3.63, 3.8) is 0 Å². The number of allylic oxidation sites excluding steroid dienone is 4. The van der Waals surface area contributed by atoms with Gasteiger partial charge in [0.05, 0.1) is 0 Å². The Morgan fingerprint density at radius 2 is 1.77 bits per heavy atom. The molecule has 0 aliphatic heterocycles. The lowest BCUT2D eigenvalue weighted by molar-refractivity contribution is 0.565. The zero-order valence-electron chi connectivity index (χ0n) is 8.95. The second-order valence-corrected chi connectivity index (χ2v) is 8.25. The van der Waals surface area contributed by atoms with Gasteiger partial charge in [-0.05, 0) is 11.7 Å². The van der Waals surface area contributed by atoms with E-state index in [-0.39, 0.29) is 11.3 Å². The van der Waals surface area contributed by atoms with Gasteiger partial charge >= 0.3 is 0 Å². The van der Waals surface area contributed by atoms with E-state index in [1.165, 1.54) is 0 Å². The quantitative estimate of drug-likeness (QED) is 0.626. The van der Waals surface area contributed by atoms with Crippen molar-refractivity contribution in [2.24, 2.45) is 0 Å². The maximum Gasteiger partial charge on any atom is 0.116 e. The smallest absolute Gasteiger partial charge is 0.116 e. The molecule has 2 heteroatoms. The molecule has 0 saturated carbocycles. The maximum absolute atomic E-state index is 12.7. The fourth-order valence-electron chi connectivity index (χ4n) is 1.95. The largest absolute Gasteiger partial charge is 0.318 e. The van der Waals surface area contributed by atoms with Gasteiger partial charge in [-0.3, -0.25) is 0 Å². The van der Waals surface area contributed by atoms with Gasteiger partial charge in [-0.1, -0.05) is 45.9 Å². The van der Waals surface area contributed by atoms with Gasteiger partial charge in [-0.25, -0.2) is 0 Å². The van der Waals surface area contributed by atoms with Crippen LogP contribution >= 0.6 is 7.14 Å². The van der Waals surface area contributed by atoms with Crippen LogP contribution in [-0.2, 0) is 4.57 Å². The molecule has 0 heterocycles. The minimum Gasteiger partial charge on any atom is -0.318 e. The van der Waals surface area contributed by atoms with Gasteiger partial charge in [0.15, 0.2) is 0 Å². The van der Waals surface area contributed by atoms with Gasteiger partial charge in [0.1, 0.15) is 7.14 Å². The summed E-state index contributed by atoms with van der Waals surface area (Å²) in [5.74, 6) is 0. The Kier molecular flexibility index (Phi) is 3.18. The second kappa shape index (κ2) is 3.84. The van der Waals surface area contributed by atoms with Crippen LogP contribution in [0, 0.1) is 0 Å². The maximum atomic E-state index is 12.7. The van der Waals surface area contributed by atoms with Gasteiger partial charge in [-0.15, -0.1) is 0 Å². The third kappa shape index (κ3) is 1.81. The molecule has 0 atom stereocenters. The van der Waals surface area contributed by atoms with Crippen molar-refractivity contribution in [3.05, 3.63) is 23.5 Å². The Bertz CT molecular complexity index is 272. The molecule has 0 fully saturated rings. The van der Waals surface area contributed by atoms with Gasteiger partial charge in [-0.2, -0.15) is 0 Å². The van der Waals surface area contributed by atoms with Crippen LogP contribution in [0.25, 0.3) is 0 Å². The highest BCUT2D eigenvalue weighted by molar-refractivity contribution is 7.69. The summed E-state index contributed by atoms with van der Waals surface area (Å²) in [6, 6.07) is 0. The summed E-state index contributed by atoms with van der Waals surface area (Å²) in [6.45, 7) is 8.28. The molecule has 0 aromatic heterocycles. The average Bonchev–Trinajstić information content (AvgIpc) is 2.54. The molecule has 0 aromatic rings. The molecule has 0 spiro atoms. The van der Waals surface area contributed by atoms with Crippen molar-refractivity contribution < 1.29 is 4.57 Å². The van der Waals surface area contributed by atoms with Crippen molar-refractivity contribution in [2.45, 2.75) is 45.4 Å². The first-order valence-corrected chi connectivity index (χ1v) is 6.79. The molecule has 1 aliphatic rings. The molecule has 1 nitrogen and oxygen atoms in total. The molecular formula is C11H19OP. The summed E-state index contributed by atoms with van der Waals surface area (Å²) in [4.78, 5) is 0. The Morgan fingerprint density at radius 1 is 1.23 bits per heavy atom. The minimum atomic E-state index is -2.11. The zero-order chi connectivity index (χ0) is 10.1. The standard InChI is InChI=1S/C11H19OP/c1-9(2)13(12,10(3)4)11-7-5-6-8-11/h5-7,9-10H,8H2,1-4H3. The average molecular weight is 198 g/mol. The van der Waals surface area contributed by atoms with Crippen LogP contribution < -0.4 is 0 Å². The van der Waals surface area contributed by atoms with Crippen LogP contribution in [0.4, 0.5) is 0 Å². The van der Waals surface area contributed by atoms with Crippen LogP contribution in [0.1, 0.15) is 34.1 Å². The fraction of sp³-hybridized carbons (Fsp3) is 0.636. The van der Waals surface area contributed by atoms with Gasteiger partial charge in [0.25, 0.3) is 0 Å². The topological polar surface area (TPSA) is 17.1 Å². The molecule has 0 radical (unpaired) electrons. The van der Waals surface area contributed by atoms with Gasteiger partial charge in [0.2, 0.25) is 0 Å². The Hall–Kier alpha value is -0.290. The predicted molar refractivity (Wildman–Crippen MR) is 59.7 cm³/mol. The zero-order valence-corrected chi connectivity index (χ0v) is 9.84. The van der Waals surface area contributed by atoms with E-state index >= 15 is 0 Å². The van der Waals surface area contributed by atoms with Crippen molar-refractivity contribution in [2.75, 3.05) is 0 Å². The number of rotatable bonds is 3. The van der Waals surface area contributed by atoms with E-state index in [1.54, 1.807) is 0 Å². The van der Waals surface area contributed by atoms with Gasteiger partial charge < -0.3 is 4.57 Å². The molecule has 0 saturated heterocycles. The Balaban J connectivity index is 2.99. The summed E-state index contributed by atoms with van der Waals surface area (Å²) in [5.41, 5.74) is 0.553. The highest BCUT2D eigenvalue weighted by Gasteiger charge is 2.34. The molecule has 0 N–H and O–H groups in total. The fourth-order valence-corrected chi connectivity index (χ4v) is 5.18. The van der Waals surface area contributed by atoms with Crippen molar-refractivity contribution in [1.82, 2.24) is 0 Å². The summed E-state index contributed by atoms with van der Waals surface area (Å²) < 4.78 is 12.7. The van der Waals surface area contributed by atoms with Gasteiger partial charge in [0, 0.05) is 11.3 Å². The van der Waals surface area contributed by atoms with E-state index in [4.69, 9.17) is 0 Å². The third-order valence-electron chi connectivity index (χ3n) is 2.73. The third-order valence-corrected chi connectivity index (χ3v) is 7.03. The molecule has 74 valence electrons. The summed E-state index contributed by atoms with van der Waals surface area (Å²) >= 11 is 0. The normalized spacial score (nSPS) is 17.2. The first kappa shape index (κ1) is 10.8. The SMILES string of the molecule is CC(C)P(=O)(C1=CC=CC1)C(C)C. The van der Waals surface area contributed by atoms with Crippen LogP contribution in [0.5, 0.6) is 0 Å². The predicted octanol–water partition coefficient (Wildman–Crippen LogP) is 4.01. The second-order valence-electron chi connectivity index (χ2n) is 4.19.